The highest BCUT2D eigenvalue weighted by atomic mass is 35.5. The van der Waals surface area contributed by atoms with E-state index in [0.717, 1.165) is 24.4 Å². The maximum absolute atomic E-state index is 5.93. The van der Waals surface area contributed by atoms with Crippen LogP contribution in [-0.4, -0.2) is 6.54 Å². The summed E-state index contributed by atoms with van der Waals surface area (Å²) in [7, 11) is 0. The normalized spacial score (nSPS) is 12.3. The molecule has 0 heterocycles. The van der Waals surface area contributed by atoms with Crippen LogP contribution < -0.4 is 5.32 Å². The maximum Gasteiger partial charge on any atom is 0.0406 e. The molecule has 100 valence electrons. The van der Waals surface area contributed by atoms with E-state index in [2.05, 4.69) is 54.7 Å². The molecule has 1 nitrogen and oxygen atoms in total. The molecule has 0 aliphatic rings. The van der Waals surface area contributed by atoms with E-state index in [9.17, 15) is 0 Å². The first kappa shape index (κ1) is 14.1. The number of halogens is 1. The van der Waals surface area contributed by atoms with Crippen LogP contribution in [0, 0.1) is 0 Å². The molecule has 2 heteroatoms. The van der Waals surface area contributed by atoms with Gasteiger partial charge < -0.3 is 5.32 Å². The van der Waals surface area contributed by atoms with Crippen LogP contribution in [0.4, 0.5) is 0 Å². The second-order valence-electron chi connectivity index (χ2n) is 4.75. The lowest BCUT2D eigenvalue weighted by Crippen LogP contribution is -2.24. The molecular weight excluding hydrogens is 254 g/mol. The molecule has 19 heavy (non-hydrogen) atoms. The van der Waals surface area contributed by atoms with Gasteiger partial charge in [-0.3, -0.25) is 0 Å². The summed E-state index contributed by atoms with van der Waals surface area (Å²) in [5, 5.41) is 4.41. The van der Waals surface area contributed by atoms with E-state index >= 15 is 0 Å². The third-order valence-corrected chi connectivity index (χ3v) is 3.45. The van der Waals surface area contributed by atoms with E-state index in [1.807, 2.05) is 12.1 Å². The molecule has 2 aromatic rings. The second-order valence-corrected chi connectivity index (χ2v) is 5.18. The van der Waals surface area contributed by atoms with Gasteiger partial charge in [0.05, 0.1) is 0 Å². The topological polar surface area (TPSA) is 12.0 Å². The molecular formula is C17H20ClN. The molecule has 0 aromatic heterocycles. The van der Waals surface area contributed by atoms with E-state index in [-0.39, 0.29) is 0 Å². The second kappa shape index (κ2) is 7.32. The Kier molecular flexibility index (Phi) is 5.44. The third-order valence-electron chi connectivity index (χ3n) is 3.20. The van der Waals surface area contributed by atoms with E-state index < -0.39 is 0 Å². The van der Waals surface area contributed by atoms with Crippen molar-refractivity contribution in [2.24, 2.45) is 0 Å². The molecule has 1 N–H and O–H groups in total. The van der Waals surface area contributed by atoms with Gasteiger partial charge in [-0.05, 0) is 42.6 Å². The van der Waals surface area contributed by atoms with Crippen LogP contribution >= 0.6 is 11.6 Å². The molecule has 0 saturated heterocycles. The lowest BCUT2D eigenvalue weighted by Gasteiger charge is -2.19. The number of hydrogen-bond acceptors (Lipinski definition) is 1. The minimum Gasteiger partial charge on any atom is -0.310 e. The average Bonchev–Trinajstić information content (AvgIpc) is 2.46. The van der Waals surface area contributed by atoms with Crippen molar-refractivity contribution < 1.29 is 0 Å². The fourth-order valence-electron chi connectivity index (χ4n) is 2.17. The molecule has 1 atom stereocenters. The van der Waals surface area contributed by atoms with Crippen LogP contribution in [0.2, 0.25) is 5.02 Å². The van der Waals surface area contributed by atoms with E-state index in [0.29, 0.717) is 6.04 Å². The maximum atomic E-state index is 5.93. The molecule has 0 radical (unpaired) electrons. The summed E-state index contributed by atoms with van der Waals surface area (Å²) in [5.74, 6) is 0. The quantitative estimate of drug-likeness (QED) is 0.810. The van der Waals surface area contributed by atoms with E-state index in [4.69, 9.17) is 11.6 Å². The predicted octanol–water partition coefficient (Wildman–Crippen LogP) is 4.62. The Bertz CT molecular complexity index is 478. The van der Waals surface area contributed by atoms with Gasteiger partial charge >= 0.3 is 0 Å². The van der Waals surface area contributed by atoms with Crippen molar-refractivity contribution in [3.8, 4) is 0 Å². The Balaban J connectivity index is 2.11. The van der Waals surface area contributed by atoms with Crippen molar-refractivity contribution in [3.05, 3.63) is 70.7 Å². The Hall–Kier alpha value is -1.31. The molecule has 0 spiro atoms. The van der Waals surface area contributed by atoms with Crippen LogP contribution in [0.1, 0.15) is 30.5 Å². The zero-order valence-electron chi connectivity index (χ0n) is 11.3. The predicted molar refractivity (Wildman–Crippen MR) is 82.6 cm³/mol. The number of benzene rings is 2. The Morgan fingerprint density at radius 3 is 2.32 bits per heavy atom. The molecule has 2 rings (SSSR count). The molecule has 0 bridgehead atoms. The third kappa shape index (κ3) is 4.38. The van der Waals surface area contributed by atoms with Gasteiger partial charge in [0.1, 0.15) is 0 Å². The first-order chi connectivity index (χ1) is 9.29. The number of nitrogens with one attached hydrogen (secondary N) is 1. The van der Waals surface area contributed by atoms with Crippen molar-refractivity contribution in [3.63, 3.8) is 0 Å². The molecule has 0 aliphatic heterocycles. The summed E-state index contributed by atoms with van der Waals surface area (Å²) in [6, 6.07) is 19.1. The molecule has 0 saturated carbocycles. The zero-order chi connectivity index (χ0) is 13.5. The highest BCUT2D eigenvalue weighted by molar-refractivity contribution is 6.30. The molecule has 1 unspecified atom stereocenters. The van der Waals surface area contributed by atoms with Gasteiger partial charge in [-0.25, -0.2) is 0 Å². The van der Waals surface area contributed by atoms with E-state index in [1.54, 1.807) is 0 Å². The van der Waals surface area contributed by atoms with Crippen molar-refractivity contribution in [1.29, 1.82) is 0 Å². The van der Waals surface area contributed by atoms with Crippen LogP contribution in [0.5, 0.6) is 0 Å². The molecule has 0 fully saturated rings. The number of hydrogen-bond donors (Lipinski definition) is 1. The monoisotopic (exact) mass is 273 g/mol. The highest BCUT2D eigenvalue weighted by Crippen LogP contribution is 2.19. The fraction of sp³-hybridized carbons (Fsp3) is 0.294. The highest BCUT2D eigenvalue weighted by Gasteiger charge is 2.10. The van der Waals surface area contributed by atoms with E-state index in [1.165, 1.54) is 11.1 Å². The largest absolute Gasteiger partial charge is 0.310 e. The zero-order valence-corrected chi connectivity index (χ0v) is 12.0. The van der Waals surface area contributed by atoms with Gasteiger partial charge in [-0.1, -0.05) is 61.0 Å². The Labute approximate surface area is 120 Å². The number of rotatable bonds is 6. The fourth-order valence-corrected chi connectivity index (χ4v) is 2.29. The Morgan fingerprint density at radius 2 is 1.68 bits per heavy atom. The Morgan fingerprint density at radius 1 is 1.00 bits per heavy atom. The van der Waals surface area contributed by atoms with Gasteiger partial charge in [-0.2, -0.15) is 0 Å². The van der Waals surface area contributed by atoms with Crippen LogP contribution in [-0.2, 0) is 6.42 Å². The minimum absolute atomic E-state index is 0.363. The van der Waals surface area contributed by atoms with Crippen molar-refractivity contribution >= 4 is 11.6 Å². The SMILES string of the molecule is CCCNC(Cc1ccc(Cl)cc1)c1ccccc1. The van der Waals surface area contributed by atoms with Crippen molar-refractivity contribution in [1.82, 2.24) is 5.32 Å². The van der Waals surface area contributed by atoms with Crippen LogP contribution in [0.25, 0.3) is 0 Å². The lowest BCUT2D eigenvalue weighted by molar-refractivity contribution is 0.529. The summed E-state index contributed by atoms with van der Waals surface area (Å²) >= 11 is 5.93. The lowest BCUT2D eigenvalue weighted by atomic mass is 9.99. The van der Waals surface area contributed by atoms with Crippen LogP contribution in [0.3, 0.4) is 0 Å². The summed E-state index contributed by atoms with van der Waals surface area (Å²) in [6.07, 6.45) is 2.13. The van der Waals surface area contributed by atoms with Gasteiger partial charge in [0.25, 0.3) is 0 Å². The summed E-state index contributed by atoms with van der Waals surface area (Å²) < 4.78 is 0. The van der Waals surface area contributed by atoms with Gasteiger partial charge in [-0.15, -0.1) is 0 Å². The van der Waals surface area contributed by atoms with Crippen LogP contribution in [0.15, 0.2) is 54.6 Å². The molecule has 0 amide bonds. The standard InChI is InChI=1S/C17H20ClN/c1-2-12-19-17(15-6-4-3-5-7-15)13-14-8-10-16(18)11-9-14/h3-11,17,19H,2,12-13H2,1H3. The first-order valence-electron chi connectivity index (χ1n) is 6.82. The molecule has 2 aromatic carbocycles. The molecule has 0 aliphatic carbocycles. The average molecular weight is 274 g/mol. The van der Waals surface area contributed by atoms with Gasteiger partial charge in [0.2, 0.25) is 0 Å². The van der Waals surface area contributed by atoms with Gasteiger partial charge in [0.15, 0.2) is 0 Å². The minimum atomic E-state index is 0.363. The first-order valence-corrected chi connectivity index (χ1v) is 7.20. The summed E-state index contributed by atoms with van der Waals surface area (Å²) in [4.78, 5) is 0. The smallest absolute Gasteiger partial charge is 0.0406 e. The summed E-state index contributed by atoms with van der Waals surface area (Å²) in [5.41, 5.74) is 2.65. The van der Waals surface area contributed by atoms with Gasteiger partial charge in [0, 0.05) is 11.1 Å². The summed E-state index contributed by atoms with van der Waals surface area (Å²) in [6.45, 7) is 3.23. The van der Waals surface area contributed by atoms with Crippen molar-refractivity contribution in [2.45, 2.75) is 25.8 Å². The van der Waals surface area contributed by atoms with Crippen molar-refractivity contribution in [2.75, 3.05) is 6.54 Å².